The molecule has 2 aromatic heterocycles. The van der Waals surface area contributed by atoms with Crippen LogP contribution in [0.2, 0.25) is 0 Å². The third kappa shape index (κ3) is 4.78. The van der Waals surface area contributed by atoms with Crippen LogP contribution in [0.3, 0.4) is 0 Å². The Hall–Kier alpha value is -6.12. The van der Waals surface area contributed by atoms with E-state index in [2.05, 4.69) is 192 Å². The molecule has 0 saturated heterocycles. The van der Waals surface area contributed by atoms with Crippen molar-refractivity contribution in [3.05, 3.63) is 187 Å². The molecule has 2 heterocycles. The molecule has 6 aromatic carbocycles. The van der Waals surface area contributed by atoms with E-state index in [-0.39, 0.29) is 0 Å². The molecule has 10 rings (SSSR count). The quantitative estimate of drug-likeness (QED) is 0.175. The first-order chi connectivity index (χ1) is 25.2. The van der Waals surface area contributed by atoms with E-state index in [0.29, 0.717) is 11.8 Å². The van der Waals surface area contributed by atoms with Gasteiger partial charge in [-0.1, -0.05) is 134 Å². The van der Waals surface area contributed by atoms with Crippen molar-refractivity contribution in [2.75, 3.05) is 0 Å². The maximum absolute atomic E-state index is 2.47. The average Bonchev–Trinajstić information content (AvgIpc) is 3.72. The van der Waals surface area contributed by atoms with E-state index in [0.717, 1.165) is 12.8 Å². The standard InChI is InChI=1S/C49H38N2/c1-33-15-5-6-22-39(33)36-19-12-21-38(32-36)51-45-28-10-8-24-43(45)49-41(26-14-30-47(49)51)40-25-13-29-46-48(40)42-23-7-9-27-44(42)50(46)37-20-11-18-35(31-37)34-16-3-2-4-17-34/h3,5-33,39H,2,4H2,1H3. The highest BCUT2D eigenvalue weighted by molar-refractivity contribution is 6.22. The van der Waals surface area contributed by atoms with Gasteiger partial charge in [-0.05, 0) is 95.1 Å². The lowest BCUT2D eigenvalue weighted by Gasteiger charge is -2.22. The van der Waals surface area contributed by atoms with Crippen LogP contribution in [0.15, 0.2) is 176 Å². The van der Waals surface area contributed by atoms with Gasteiger partial charge in [0.2, 0.25) is 0 Å². The van der Waals surface area contributed by atoms with Gasteiger partial charge in [-0.25, -0.2) is 0 Å². The maximum atomic E-state index is 2.47. The average molecular weight is 655 g/mol. The molecule has 2 aliphatic carbocycles. The van der Waals surface area contributed by atoms with Gasteiger partial charge in [0.15, 0.2) is 0 Å². The monoisotopic (exact) mass is 654 g/mol. The highest BCUT2D eigenvalue weighted by Gasteiger charge is 2.22. The summed E-state index contributed by atoms with van der Waals surface area (Å²) in [5.41, 5.74) is 13.7. The van der Waals surface area contributed by atoms with Crippen LogP contribution in [0.4, 0.5) is 0 Å². The van der Waals surface area contributed by atoms with Crippen LogP contribution in [-0.2, 0) is 0 Å². The fourth-order valence-corrected chi connectivity index (χ4v) is 8.70. The molecule has 2 unspecified atom stereocenters. The summed E-state index contributed by atoms with van der Waals surface area (Å²) in [5.74, 6) is 0.825. The Morgan fingerprint density at radius 2 is 1.12 bits per heavy atom. The fraction of sp³-hybridized carbons (Fsp3) is 0.102. The number of para-hydroxylation sites is 2. The van der Waals surface area contributed by atoms with Crippen molar-refractivity contribution in [2.45, 2.75) is 25.7 Å². The van der Waals surface area contributed by atoms with Crippen molar-refractivity contribution >= 4 is 49.2 Å². The molecular weight excluding hydrogens is 617 g/mol. The molecule has 0 amide bonds. The summed E-state index contributed by atoms with van der Waals surface area (Å²) < 4.78 is 4.92. The summed E-state index contributed by atoms with van der Waals surface area (Å²) >= 11 is 0. The normalized spacial score (nSPS) is 17.2. The molecule has 0 spiro atoms. The number of rotatable bonds is 5. The molecular formula is C49H38N2. The van der Waals surface area contributed by atoms with Crippen LogP contribution in [0.5, 0.6) is 0 Å². The molecule has 2 heteroatoms. The Morgan fingerprint density at radius 1 is 0.529 bits per heavy atom. The summed E-state index contributed by atoms with van der Waals surface area (Å²) in [6.45, 7) is 2.31. The van der Waals surface area contributed by atoms with E-state index in [1.807, 2.05) is 0 Å². The number of benzene rings is 6. The van der Waals surface area contributed by atoms with Gasteiger partial charge in [0.25, 0.3) is 0 Å². The van der Waals surface area contributed by atoms with Crippen LogP contribution in [-0.4, -0.2) is 9.13 Å². The largest absolute Gasteiger partial charge is 0.309 e. The van der Waals surface area contributed by atoms with Gasteiger partial charge in [0, 0.05) is 38.8 Å². The molecule has 0 bridgehead atoms. The molecule has 0 N–H and O–H groups in total. The Kier molecular flexibility index (Phi) is 7.02. The van der Waals surface area contributed by atoms with Crippen molar-refractivity contribution in [3.63, 3.8) is 0 Å². The lowest BCUT2D eigenvalue weighted by molar-refractivity contribution is 0.635. The maximum Gasteiger partial charge on any atom is 0.0547 e. The summed E-state index contributed by atoms with van der Waals surface area (Å²) in [6.07, 6.45) is 18.1. The van der Waals surface area contributed by atoms with E-state index in [9.17, 15) is 0 Å². The first-order valence-corrected chi connectivity index (χ1v) is 18.2. The molecule has 2 atom stereocenters. The van der Waals surface area contributed by atoms with Crippen molar-refractivity contribution in [3.8, 4) is 22.5 Å². The second-order valence-electron chi connectivity index (χ2n) is 14.0. The third-order valence-corrected chi connectivity index (χ3v) is 11.0. The zero-order chi connectivity index (χ0) is 33.9. The predicted octanol–water partition coefficient (Wildman–Crippen LogP) is 13.1. The van der Waals surface area contributed by atoms with E-state index in [1.165, 1.54) is 82.8 Å². The Balaban J connectivity index is 1.21. The van der Waals surface area contributed by atoms with Gasteiger partial charge in [-0.15, -0.1) is 0 Å². The lowest BCUT2D eigenvalue weighted by Crippen LogP contribution is -2.08. The Morgan fingerprint density at radius 3 is 1.76 bits per heavy atom. The lowest BCUT2D eigenvalue weighted by atomic mass is 9.84. The van der Waals surface area contributed by atoms with Crippen LogP contribution < -0.4 is 0 Å². The molecule has 0 radical (unpaired) electrons. The van der Waals surface area contributed by atoms with Crippen LogP contribution in [0.25, 0.3) is 71.7 Å². The van der Waals surface area contributed by atoms with Crippen molar-refractivity contribution in [1.82, 2.24) is 9.13 Å². The summed E-state index contributed by atoms with van der Waals surface area (Å²) in [5, 5.41) is 5.11. The molecule has 0 aliphatic heterocycles. The zero-order valence-electron chi connectivity index (χ0n) is 28.7. The molecule has 244 valence electrons. The van der Waals surface area contributed by atoms with Crippen molar-refractivity contribution in [1.29, 1.82) is 0 Å². The van der Waals surface area contributed by atoms with Crippen LogP contribution >= 0.6 is 0 Å². The SMILES string of the molecule is CC1C=CC=CC1c1cccc(-n2c3ccccc3c3c(-c4cccc5c4c4ccccc4n5-c4cccc(C5=CCCC=C5)c4)cccc32)c1. The van der Waals surface area contributed by atoms with Crippen molar-refractivity contribution in [2.24, 2.45) is 5.92 Å². The third-order valence-electron chi connectivity index (χ3n) is 11.0. The van der Waals surface area contributed by atoms with Gasteiger partial charge in [-0.2, -0.15) is 0 Å². The summed E-state index contributed by atoms with van der Waals surface area (Å²) in [4.78, 5) is 0. The molecule has 8 aromatic rings. The number of hydrogen-bond acceptors (Lipinski definition) is 0. The second-order valence-corrected chi connectivity index (χ2v) is 14.0. The van der Waals surface area contributed by atoms with E-state index < -0.39 is 0 Å². The number of hydrogen-bond donors (Lipinski definition) is 0. The highest BCUT2D eigenvalue weighted by Crippen LogP contribution is 2.44. The van der Waals surface area contributed by atoms with Gasteiger partial charge in [0.1, 0.15) is 0 Å². The van der Waals surface area contributed by atoms with Gasteiger partial charge in [0.05, 0.1) is 22.1 Å². The molecule has 51 heavy (non-hydrogen) atoms. The minimum Gasteiger partial charge on any atom is -0.309 e. The minimum atomic E-state index is 0.366. The second kappa shape index (κ2) is 12.0. The predicted molar refractivity (Wildman–Crippen MR) is 217 cm³/mol. The van der Waals surface area contributed by atoms with E-state index in [1.54, 1.807) is 0 Å². The molecule has 2 aliphatic rings. The van der Waals surface area contributed by atoms with Crippen molar-refractivity contribution < 1.29 is 0 Å². The smallest absolute Gasteiger partial charge is 0.0547 e. The zero-order valence-corrected chi connectivity index (χ0v) is 28.7. The number of aromatic nitrogens is 2. The molecule has 0 saturated carbocycles. The Bertz CT molecular complexity index is 2780. The van der Waals surface area contributed by atoms with Gasteiger partial charge >= 0.3 is 0 Å². The Labute approximate surface area is 298 Å². The first-order valence-electron chi connectivity index (χ1n) is 18.2. The van der Waals surface area contributed by atoms with Crippen LogP contribution in [0, 0.1) is 5.92 Å². The van der Waals surface area contributed by atoms with E-state index >= 15 is 0 Å². The number of allylic oxidation sites excluding steroid dienone is 8. The summed E-state index contributed by atoms with van der Waals surface area (Å²) in [7, 11) is 0. The number of fused-ring (bicyclic) bond motifs is 6. The fourth-order valence-electron chi connectivity index (χ4n) is 8.70. The minimum absolute atomic E-state index is 0.366. The molecule has 0 fully saturated rings. The van der Waals surface area contributed by atoms with Gasteiger partial charge < -0.3 is 9.13 Å². The molecule has 2 nitrogen and oxygen atoms in total. The van der Waals surface area contributed by atoms with E-state index in [4.69, 9.17) is 0 Å². The first kappa shape index (κ1) is 29.8. The topological polar surface area (TPSA) is 9.86 Å². The highest BCUT2D eigenvalue weighted by atomic mass is 15.0. The number of nitrogens with zero attached hydrogens (tertiary/aromatic N) is 2. The van der Waals surface area contributed by atoms with Gasteiger partial charge in [-0.3, -0.25) is 0 Å². The summed E-state index contributed by atoms with van der Waals surface area (Å²) in [6, 6.07) is 49.7. The van der Waals surface area contributed by atoms with Crippen LogP contribution in [0.1, 0.15) is 36.8 Å².